The van der Waals surface area contributed by atoms with Gasteiger partial charge < -0.3 is 11.1 Å². The summed E-state index contributed by atoms with van der Waals surface area (Å²) in [6.45, 7) is 7.44. The number of hydrogen-bond donors (Lipinski definition) is 2. The van der Waals surface area contributed by atoms with Crippen LogP contribution in [0.2, 0.25) is 0 Å². The minimum Gasteiger partial charge on any atom is -0.356 e. The summed E-state index contributed by atoms with van der Waals surface area (Å²) in [4.78, 5) is 17.1. The molecule has 1 aromatic rings. The SMILES string of the molecule is Cc1nc(CCN)sc1CC(=O)NCC(C)C. The molecule has 0 spiro atoms. The molecule has 0 atom stereocenters. The van der Waals surface area contributed by atoms with E-state index in [1.54, 1.807) is 11.3 Å². The summed E-state index contributed by atoms with van der Waals surface area (Å²) in [6, 6.07) is 0. The second-order valence-corrected chi connectivity index (χ2v) is 5.70. The molecule has 1 rings (SSSR count). The molecule has 17 heavy (non-hydrogen) atoms. The lowest BCUT2D eigenvalue weighted by molar-refractivity contribution is -0.120. The van der Waals surface area contributed by atoms with Crippen molar-refractivity contribution in [3.63, 3.8) is 0 Å². The second-order valence-electron chi connectivity index (χ2n) is 4.53. The van der Waals surface area contributed by atoms with Crippen molar-refractivity contribution in [1.82, 2.24) is 10.3 Å². The Bertz CT molecular complexity index is 374. The molecule has 0 saturated carbocycles. The monoisotopic (exact) mass is 255 g/mol. The highest BCUT2D eigenvalue weighted by Crippen LogP contribution is 2.18. The van der Waals surface area contributed by atoms with E-state index in [2.05, 4.69) is 24.1 Å². The third-order valence-electron chi connectivity index (χ3n) is 2.32. The number of rotatable bonds is 6. The fraction of sp³-hybridized carbons (Fsp3) is 0.667. The summed E-state index contributed by atoms with van der Waals surface area (Å²) < 4.78 is 0. The highest BCUT2D eigenvalue weighted by molar-refractivity contribution is 7.11. The van der Waals surface area contributed by atoms with Crippen LogP contribution in [0.3, 0.4) is 0 Å². The van der Waals surface area contributed by atoms with E-state index in [4.69, 9.17) is 5.73 Å². The van der Waals surface area contributed by atoms with Crippen molar-refractivity contribution >= 4 is 17.2 Å². The largest absolute Gasteiger partial charge is 0.356 e. The first-order valence-electron chi connectivity index (χ1n) is 5.94. The molecule has 0 fully saturated rings. The molecule has 0 aliphatic carbocycles. The minimum absolute atomic E-state index is 0.0738. The Balaban J connectivity index is 2.52. The molecule has 0 aliphatic heterocycles. The van der Waals surface area contributed by atoms with E-state index in [9.17, 15) is 4.79 Å². The average molecular weight is 255 g/mol. The summed E-state index contributed by atoms with van der Waals surface area (Å²) >= 11 is 1.59. The highest BCUT2D eigenvalue weighted by atomic mass is 32.1. The van der Waals surface area contributed by atoms with Crippen LogP contribution < -0.4 is 11.1 Å². The van der Waals surface area contributed by atoms with E-state index in [0.717, 1.165) is 28.5 Å². The fourth-order valence-electron chi connectivity index (χ4n) is 1.41. The lowest BCUT2D eigenvalue weighted by atomic mass is 10.2. The number of carbonyl (C=O) groups excluding carboxylic acids is 1. The Labute approximate surface area is 107 Å². The van der Waals surface area contributed by atoms with Gasteiger partial charge in [-0.3, -0.25) is 4.79 Å². The van der Waals surface area contributed by atoms with Crippen molar-refractivity contribution in [1.29, 1.82) is 0 Å². The summed E-state index contributed by atoms with van der Waals surface area (Å²) in [5.74, 6) is 0.555. The summed E-state index contributed by atoms with van der Waals surface area (Å²) in [7, 11) is 0. The zero-order valence-corrected chi connectivity index (χ0v) is 11.6. The van der Waals surface area contributed by atoms with Crippen molar-refractivity contribution in [3.05, 3.63) is 15.6 Å². The fourth-order valence-corrected chi connectivity index (χ4v) is 2.49. The van der Waals surface area contributed by atoms with Gasteiger partial charge in [0.2, 0.25) is 5.91 Å². The van der Waals surface area contributed by atoms with Crippen LogP contribution in [0.15, 0.2) is 0 Å². The van der Waals surface area contributed by atoms with E-state index < -0.39 is 0 Å². The van der Waals surface area contributed by atoms with Gasteiger partial charge in [-0.25, -0.2) is 4.98 Å². The van der Waals surface area contributed by atoms with E-state index in [1.165, 1.54) is 0 Å². The number of nitrogens with zero attached hydrogens (tertiary/aromatic N) is 1. The minimum atomic E-state index is 0.0738. The average Bonchev–Trinajstić information content (AvgIpc) is 2.57. The van der Waals surface area contributed by atoms with Gasteiger partial charge in [0.15, 0.2) is 0 Å². The van der Waals surface area contributed by atoms with E-state index >= 15 is 0 Å². The number of aryl methyl sites for hydroxylation is 1. The van der Waals surface area contributed by atoms with E-state index in [1.807, 2.05) is 6.92 Å². The Hall–Kier alpha value is -0.940. The van der Waals surface area contributed by atoms with Gasteiger partial charge in [-0.15, -0.1) is 11.3 Å². The summed E-state index contributed by atoms with van der Waals surface area (Å²) in [5.41, 5.74) is 6.45. The summed E-state index contributed by atoms with van der Waals surface area (Å²) in [6.07, 6.45) is 1.22. The molecule has 5 heteroatoms. The van der Waals surface area contributed by atoms with Crippen LogP contribution in [0.5, 0.6) is 0 Å². The highest BCUT2D eigenvalue weighted by Gasteiger charge is 2.11. The molecule has 0 unspecified atom stereocenters. The first kappa shape index (κ1) is 14.1. The molecular formula is C12H21N3OS. The molecule has 1 heterocycles. The number of hydrogen-bond acceptors (Lipinski definition) is 4. The maximum Gasteiger partial charge on any atom is 0.225 e. The third-order valence-corrected chi connectivity index (χ3v) is 3.54. The number of aromatic nitrogens is 1. The van der Waals surface area contributed by atoms with Gasteiger partial charge in [-0.2, -0.15) is 0 Å². The second kappa shape index (κ2) is 6.71. The Morgan fingerprint density at radius 1 is 1.53 bits per heavy atom. The number of nitrogens with two attached hydrogens (primary N) is 1. The number of amides is 1. The Morgan fingerprint density at radius 2 is 2.24 bits per heavy atom. The van der Waals surface area contributed by atoms with Gasteiger partial charge in [0.1, 0.15) is 0 Å². The lowest BCUT2D eigenvalue weighted by Crippen LogP contribution is -2.28. The van der Waals surface area contributed by atoms with Crippen LogP contribution in [0, 0.1) is 12.8 Å². The molecule has 0 aromatic carbocycles. The van der Waals surface area contributed by atoms with Crippen LogP contribution in [0.25, 0.3) is 0 Å². The number of carbonyl (C=O) groups is 1. The molecule has 1 amide bonds. The maximum atomic E-state index is 11.7. The molecule has 96 valence electrons. The van der Waals surface area contributed by atoms with Gasteiger partial charge in [-0.1, -0.05) is 13.8 Å². The molecule has 3 N–H and O–H groups in total. The number of nitrogens with one attached hydrogen (secondary N) is 1. The van der Waals surface area contributed by atoms with Gasteiger partial charge in [-0.05, 0) is 19.4 Å². The van der Waals surface area contributed by atoms with Gasteiger partial charge >= 0.3 is 0 Å². The van der Waals surface area contributed by atoms with Gasteiger partial charge in [0.25, 0.3) is 0 Å². The van der Waals surface area contributed by atoms with Crippen LogP contribution in [0.4, 0.5) is 0 Å². The van der Waals surface area contributed by atoms with E-state index in [-0.39, 0.29) is 5.91 Å². The van der Waals surface area contributed by atoms with Crippen molar-refractivity contribution in [2.24, 2.45) is 11.7 Å². The lowest BCUT2D eigenvalue weighted by Gasteiger charge is -2.06. The Morgan fingerprint density at radius 3 is 2.82 bits per heavy atom. The first-order chi connectivity index (χ1) is 8.02. The van der Waals surface area contributed by atoms with Crippen LogP contribution >= 0.6 is 11.3 Å². The van der Waals surface area contributed by atoms with Crippen molar-refractivity contribution in [2.45, 2.75) is 33.6 Å². The van der Waals surface area contributed by atoms with E-state index in [0.29, 0.717) is 18.9 Å². The smallest absolute Gasteiger partial charge is 0.225 e. The molecule has 4 nitrogen and oxygen atoms in total. The zero-order chi connectivity index (χ0) is 12.8. The first-order valence-corrected chi connectivity index (χ1v) is 6.76. The van der Waals surface area contributed by atoms with Crippen LogP contribution in [-0.4, -0.2) is 24.0 Å². The Kier molecular flexibility index (Phi) is 5.58. The van der Waals surface area contributed by atoms with Crippen LogP contribution in [-0.2, 0) is 17.6 Å². The van der Waals surface area contributed by atoms with Crippen molar-refractivity contribution in [3.8, 4) is 0 Å². The van der Waals surface area contributed by atoms with Gasteiger partial charge in [0, 0.05) is 17.8 Å². The standard InChI is InChI=1S/C12H21N3OS/c1-8(2)7-14-11(16)6-10-9(3)15-12(17-10)4-5-13/h8H,4-7,13H2,1-3H3,(H,14,16). The zero-order valence-electron chi connectivity index (χ0n) is 10.7. The topological polar surface area (TPSA) is 68.0 Å². The maximum absolute atomic E-state index is 11.7. The summed E-state index contributed by atoms with van der Waals surface area (Å²) in [5, 5.41) is 3.94. The van der Waals surface area contributed by atoms with Crippen LogP contribution in [0.1, 0.15) is 29.4 Å². The quantitative estimate of drug-likeness (QED) is 0.804. The third kappa shape index (κ3) is 4.83. The number of thiazole rings is 1. The van der Waals surface area contributed by atoms with Crippen molar-refractivity contribution in [2.75, 3.05) is 13.1 Å². The molecule has 0 aliphatic rings. The normalized spacial score (nSPS) is 10.9. The predicted molar refractivity (Wildman–Crippen MR) is 71.2 cm³/mol. The molecule has 1 aromatic heterocycles. The molecule has 0 radical (unpaired) electrons. The molecule has 0 saturated heterocycles. The molecular weight excluding hydrogens is 234 g/mol. The predicted octanol–water partition coefficient (Wildman–Crippen LogP) is 1.27. The van der Waals surface area contributed by atoms with Crippen molar-refractivity contribution < 1.29 is 4.79 Å². The van der Waals surface area contributed by atoms with Gasteiger partial charge in [0.05, 0.1) is 17.1 Å². The molecule has 0 bridgehead atoms.